The summed E-state index contributed by atoms with van der Waals surface area (Å²) in [5, 5.41) is 13.8. The summed E-state index contributed by atoms with van der Waals surface area (Å²) >= 11 is 0. The number of aromatic nitrogens is 5. The van der Waals surface area contributed by atoms with Crippen molar-refractivity contribution in [1.29, 1.82) is 0 Å². The molecule has 6 aromatic rings. The van der Waals surface area contributed by atoms with Gasteiger partial charge in [0.05, 0.1) is 23.7 Å². The second kappa shape index (κ2) is 12.0. The number of hydrogen-bond donors (Lipinski definition) is 3. The largest absolute Gasteiger partial charge is 0.505 e. The Kier molecular flexibility index (Phi) is 7.82. The quantitative estimate of drug-likeness (QED) is 0.193. The van der Waals surface area contributed by atoms with Crippen molar-refractivity contribution >= 4 is 22.7 Å². The lowest BCUT2D eigenvalue weighted by Gasteiger charge is -2.26. The molecule has 10 nitrogen and oxygen atoms in total. The van der Waals surface area contributed by atoms with E-state index >= 15 is 0 Å². The molecule has 2 atom stereocenters. The average Bonchev–Trinajstić information content (AvgIpc) is 3.06. The molecule has 11 heteroatoms. The molecule has 0 aliphatic rings. The van der Waals surface area contributed by atoms with Crippen molar-refractivity contribution in [3.63, 3.8) is 0 Å². The third-order valence-corrected chi connectivity index (χ3v) is 7.78. The SMILES string of the molecule is COc1cc(-c2cccc3nc(C(C)C(C)Nc4nc(N)ncc4-c4ccc(F)c(O)c4)n(-c4ccccc4)c(=O)c23)ccn1. The van der Waals surface area contributed by atoms with Crippen LogP contribution in [0, 0.1) is 5.82 Å². The van der Waals surface area contributed by atoms with Crippen molar-refractivity contribution in [2.45, 2.75) is 25.8 Å². The zero-order valence-corrected chi connectivity index (χ0v) is 24.8. The number of pyridine rings is 1. The molecule has 4 N–H and O–H groups in total. The van der Waals surface area contributed by atoms with Crippen LogP contribution < -0.4 is 21.3 Å². The zero-order valence-electron chi connectivity index (χ0n) is 24.8. The Morgan fingerprint density at radius 3 is 2.47 bits per heavy atom. The highest BCUT2D eigenvalue weighted by Crippen LogP contribution is 2.33. The second-order valence-electron chi connectivity index (χ2n) is 10.6. The number of hydrogen-bond acceptors (Lipinski definition) is 9. The van der Waals surface area contributed by atoms with Crippen molar-refractivity contribution in [2.75, 3.05) is 18.2 Å². The Morgan fingerprint density at radius 2 is 1.71 bits per heavy atom. The van der Waals surface area contributed by atoms with Crippen molar-refractivity contribution in [3.8, 4) is 39.6 Å². The molecule has 0 aliphatic carbocycles. The minimum atomic E-state index is -0.737. The van der Waals surface area contributed by atoms with Crippen LogP contribution in [0.2, 0.25) is 0 Å². The van der Waals surface area contributed by atoms with E-state index in [0.717, 1.165) is 5.56 Å². The predicted molar refractivity (Wildman–Crippen MR) is 172 cm³/mol. The Balaban J connectivity index is 1.47. The highest BCUT2D eigenvalue weighted by Gasteiger charge is 2.25. The summed E-state index contributed by atoms with van der Waals surface area (Å²) in [5.41, 5.74) is 9.45. The van der Waals surface area contributed by atoms with Gasteiger partial charge in [-0.25, -0.2) is 19.3 Å². The molecule has 45 heavy (non-hydrogen) atoms. The number of para-hydroxylation sites is 1. The van der Waals surface area contributed by atoms with Gasteiger partial charge in [-0.05, 0) is 60.0 Å². The number of rotatable bonds is 8. The summed E-state index contributed by atoms with van der Waals surface area (Å²) in [5.74, 6) is -0.170. The maximum absolute atomic E-state index is 14.5. The van der Waals surface area contributed by atoms with E-state index in [1.807, 2.05) is 68.4 Å². The predicted octanol–water partition coefficient (Wildman–Crippen LogP) is 5.94. The number of nitrogens with two attached hydrogens (primary N) is 1. The molecule has 226 valence electrons. The highest BCUT2D eigenvalue weighted by atomic mass is 19.1. The normalized spacial score (nSPS) is 12.5. The Labute approximate surface area is 258 Å². The van der Waals surface area contributed by atoms with Gasteiger partial charge in [0.15, 0.2) is 11.6 Å². The third kappa shape index (κ3) is 5.63. The van der Waals surface area contributed by atoms with Crippen molar-refractivity contribution in [2.24, 2.45) is 0 Å². The molecule has 6 rings (SSSR count). The van der Waals surface area contributed by atoms with Crippen molar-refractivity contribution in [1.82, 2.24) is 24.5 Å². The van der Waals surface area contributed by atoms with Crippen LogP contribution in [0.25, 0.3) is 38.8 Å². The van der Waals surface area contributed by atoms with Gasteiger partial charge in [0.25, 0.3) is 5.56 Å². The average molecular weight is 604 g/mol. The fourth-order valence-corrected chi connectivity index (χ4v) is 5.27. The fourth-order valence-electron chi connectivity index (χ4n) is 5.27. The molecule has 0 saturated carbocycles. The van der Waals surface area contributed by atoms with Crippen LogP contribution in [-0.2, 0) is 0 Å². The van der Waals surface area contributed by atoms with Crippen LogP contribution in [0.15, 0.2) is 96.1 Å². The number of ether oxygens (including phenoxy) is 1. The first-order valence-electron chi connectivity index (χ1n) is 14.2. The van der Waals surface area contributed by atoms with E-state index in [4.69, 9.17) is 15.5 Å². The first-order chi connectivity index (χ1) is 21.7. The van der Waals surface area contributed by atoms with E-state index in [0.29, 0.717) is 50.8 Å². The molecule has 2 unspecified atom stereocenters. The number of fused-ring (bicyclic) bond motifs is 1. The number of nitrogens with zero attached hydrogens (tertiary/aromatic N) is 5. The number of halogens is 1. The van der Waals surface area contributed by atoms with Gasteiger partial charge in [-0.2, -0.15) is 4.98 Å². The molecule has 3 aromatic heterocycles. The molecule has 0 amide bonds. The van der Waals surface area contributed by atoms with Crippen LogP contribution in [0.4, 0.5) is 16.2 Å². The Hall–Kier alpha value is -5.84. The summed E-state index contributed by atoms with van der Waals surface area (Å²) < 4.78 is 20.8. The number of anilines is 2. The minimum Gasteiger partial charge on any atom is -0.505 e. The van der Waals surface area contributed by atoms with E-state index in [1.54, 1.807) is 23.9 Å². The van der Waals surface area contributed by atoms with E-state index in [1.165, 1.54) is 24.4 Å². The zero-order chi connectivity index (χ0) is 31.7. The van der Waals surface area contributed by atoms with Crippen LogP contribution in [0.3, 0.4) is 0 Å². The highest BCUT2D eigenvalue weighted by molar-refractivity contribution is 5.94. The summed E-state index contributed by atoms with van der Waals surface area (Å²) in [6.07, 6.45) is 3.15. The van der Waals surface area contributed by atoms with Gasteiger partial charge in [0.2, 0.25) is 11.8 Å². The molecule has 0 fully saturated rings. The number of nitrogen functional groups attached to an aromatic ring is 1. The fraction of sp³-hybridized carbons (Fsp3) is 0.147. The number of phenolic OH excluding ortho intramolecular Hbond substituents is 1. The summed E-state index contributed by atoms with van der Waals surface area (Å²) in [6, 6.07) is 22.2. The van der Waals surface area contributed by atoms with Crippen molar-refractivity contribution < 1.29 is 14.2 Å². The van der Waals surface area contributed by atoms with Gasteiger partial charge in [-0.3, -0.25) is 9.36 Å². The van der Waals surface area contributed by atoms with E-state index in [9.17, 15) is 14.3 Å². The molecule has 0 radical (unpaired) electrons. The summed E-state index contributed by atoms with van der Waals surface area (Å²) in [6.45, 7) is 3.91. The van der Waals surface area contributed by atoms with E-state index < -0.39 is 11.6 Å². The molecule has 3 heterocycles. The molecule has 0 saturated heterocycles. The lowest BCUT2D eigenvalue weighted by atomic mass is 9.99. The van der Waals surface area contributed by atoms with Crippen LogP contribution in [-0.4, -0.2) is 42.8 Å². The Morgan fingerprint density at radius 1 is 0.933 bits per heavy atom. The van der Waals surface area contributed by atoms with Crippen molar-refractivity contribution in [3.05, 3.63) is 113 Å². The standard InChI is InChI=1S/C34H30FN7O3/c1-19(20(2)39-31-25(18-38-34(36)41-31)21-12-13-26(35)28(43)16-21)32-40-27-11-7-10-24(22-14-15-37-29(17-22)45-3)30(27)33(44)42(32)23-8-5-4-6-9-23/h4-20,43H,1-3H3,(H3,36,38,39,41). The second-order valence-corrected chi connectivity index (χ2v) is 10.6. The summed E-state index contributed by atoms with van der Waals surface area (Å²) in [7, 11) is 1.55. The van der Waals surface area contributed by atoms with Gasteiger partial charge < -0.3 is 20.9 Å². The number of benzene rings is 3. The minimum absolute atomic E-state index is 0.0396. The lowest BCUT2D eigenvalue weighted by Crippen LogP contribution is -2.31. The van der Waals surface area contributed by atoms with Crippen LogP contribution >= 0.6 is 0 Å². The monoisotopic (exact) mass is 603 g/mol. The van der Waals surface area contributed by atoms with Crippen LogP contribution in [0.1, 0.15) is 25.6 Å². The van der Waals surface area contributed by atoms with Gasteiger partial charge >= 0.3 is 0 Å². The smallest absolute Gasteiger partial charge is 0.266 e. The maximum Gasteiger partial charge on any atom is 0.266 e. The topological polar surface area (TPSA) is 141 Å². The number of nitrogens with one attached hydrogen (secondary N) is 1. The lowest BCUT2D eigenvalue weighted by molar-refractivity contribution is 0.398. The van der Waals surface area contributed by atoms with Crippen LogP contribution in [0.5, 0.6) is 11.6 Å². The van der Waals surface area contributed by atoms with Gasteiger partial charge in [0, 0.05) is 36.0 Å². The third-order valence-electron chi connectivity index (χ3n) is 7.78. The number of methoxy groups -OCH3 is 1. The molecule has 3 aromatic carbocycles. The molecule has 0 bridgehead atoms. The molecule has 0 aliphatic heterocycles. The number of phenols is 1. The Bertz CT molecular complexity index is 2090. The van der Waals surface area contributed by atoms with E-state index in [2.05, 4.69) is 20.3 Å². The first kappa shape index (κ1) is 29.2. The maximum atomic E-state index is 14.5. The molecule has 0 spiro atoms. The van der Waals surface area contributed by atoms with Gasteiger partial charge in [0.1, 0.15) is 11.6 Å². The molecular formula is C34H30FN7O3. The summed E-state index contributed by atoms with van der Waals surface area (Å²) in [4.78, 5) is 32.3. The van der Waals surface area contributed by atoms with Gasteiger partial charge in [-0.15, -0.1) is 0 Å². The first-order valence-corrected chi connectivity index (χ1v) is 14.2. The molecular weight excluding hydrogens is 573 g/mol. The van der Waals surface area contributed by atoms with E-state index in [-0.39, 0.29) is 23.5 Å². The van der Waals surface area contributed by atoms with Gasteiger partial charge in [-0.1, -0.05) is 43.3 Å². The number of aromatic hydroxyl groups is 1.